The molecule has 1 aromatic carbocycles. The van der Waals surface area contributed by atoms with Crippen LogP contribution in [0, 0.1) is 0 Å². The molecule has 2 N–H and O–H groups in total. The highest BCUT2D eigenvalue weighted by Gasteiger charge is 2.27. The van der Waals surface area contributed by atoms with E-state index in [1.807, 2.05) is 30.3 Å². The minimum atomic E-state index is -0.00579. The van der Waals surface area contributed by atoms with Gasteiger partial charge in [0, 0.05) is 16.0 Å². The van der Waals surface area contributed by atoms with Crippen molar-refractivity contribution in [1.82, 2.24) is 0 Å². The highest BCUT2D eigenvalue weighted by Crippen LogP contribution is 2.39. The molecule has 1 fully saturated rings. The Kier molecular flexibility index (Phi) is 4.65. The molecular weight excluding hydrogens is 320 g/mol. The average molecular weight is 343 g/mol. The van der Waals surface area contributed by atoms with Crippen LogP contribution in [0.2, 0.25) is 0 Å². The number of rotatable bonds is 4. The second-order valence-electron chi connectivity index (χ2n) is 6.52. The lowest BCUT2D eigenvalue weighted by Gasteiger charge is -2.24. The molecule has 5 heteroatoms. The van der Waals surface area contributed by atoms with Crippen molar-refractivity contribution in [1.29, 1.82) is 0 Å². The van der Waals surface area contributed by atoms with Crippen LogP contribution in [0.15, 0.2) is 30.3 Å². The molecule has 1 aromatic heterocycles. The molecule has 0 unspecified atom stereocenters. The van der Waals surface area contributed by atoms with Crippen LogP contribution in [0.4, 0.5) is 5.00 Å². The molecule has 2 aliphatic rings. The molecule has 2 heterocycles. The van der Waals surface area contributed by atoms with E-state index in [1.54, 1.807) is 16.2 Å². The van der Waals surface area contributed by atoms with Gasteiger partial charge in [0.25, 0.3) is 5.91 Å². The molecule has 126 valence electrons. The van der Waals surface area contributed by atoms with Crippen molar-refractivity contribution in [3.8, 4) is 0 Å². The number of aryl methyl sites for hydroxylation is 1. The van der Waals surface area contributed by atoms with Gasteiger partial charge < -0.3 is 15.0 Å². The Labute approximate surface area is 146 Å². The van der Waals surface area contributed by atoms with Gasteiger partial charge in [-0.25, -0.2) is 0 Å². The molecule has 0 radical (unpaired) electrons. The van der Waals surface area contributed by atoms with E-state index in [9.17, 15) is 4.79 Å². The monoisotopic (exact) mass is 343 g/mol. The Morgan fingerprint density at radius 3 is 2.75 bits per heavy atom. The van der Waals surface area contributed by atoms with Gasteiger partial charge in [-0.1, -0.05) is 18.2 Å². The average Bonchev–Trinajstić information content (AvgIpc) is 3.20. The zero-order valence-electron chi connectivity index (χ0n) is 13.8. The fourth-order valence-corrected chi connectivity index (χ4v) is 4.91. The third-order valence-electron chi connectivity index (χ3n) is 4.92. The second kappa shape index (κ2) is 7.05. The summed E-state index contributed by atoms with van der Waals surface area (Å²) >= 11 is 1.78. The zero-order valence-corrected chi connectivity index (χ0v) is 14.6. The summed E-state index contributed by atoms with van der Waals surface area (Å²) in [6, 6.07) is 9.47. The first-order chi connectivity index (χ1) is 11.8. The first-order valence-electron chi connectivity index (χ1n) is 8.72. The third kappa shape index (κ3) is 3.24. The summed E-state index contributed by atoms with van der Waals surface area (Å²) < 4.78 is 5.48. The van der Waals surface area contributed by atoms with Gasteiger partial charge in [0.05, 0.1) is 13.2 Å². The van der Waals surface area contributed by atoms with Crippen molar-refractivity contribution < 1.29 is 14.4 Å². The predicted molar refractivity (Wildman–Crippen MR) is 96.0 cm³/mol. The summed E-state index contributed by atoms with van der Waals surface area (Å²) in [6.45, 7) is 4.79. The van der Waals surface area contributed by atoms with Gasteiger partial charge in [-0.3, -0.25) is 4.79 Å². The van der Waals surface area contributed by atoms with Crippen molar-refractivity contribution in [2.45, 2.75) is 25.8 Å². The van der Waals surface area contributed by atoms with E-state index < -0.39 is 0 Å². The van der Waals surface area contributed by atoms with Gasteiger partial charge in [0.2, 0.25) is 0 Å². The summed E-state index contributed by atoms with van der Waals surface area (Å²) in [4.78, 5) is 15.6. The highest BCUT2D eigenvalue weighted by molar-refractivity contribution is 7.16. The Morgan fingerprint density at radius 2 is 1.96 bits per heavy atom. The van der Waals surface area contributed by atoms with E-state index in [-0.39, 0.29) is 5.91 Å². The molecular formula is C19H23N2O2S+. The van der Waals surface area contributed by atoms with Crippen LogP contribution in [-0.2, 0) is 24.1 Å². The molecule has 4 rings (SSSR count). The van der Waals surface area contributed by atoms with E-state index in [4.69, 9.17) is 4.74 Å². The number of anilines is 1. The van der Waals surface area contributed by atoms with Crippen LogP contribution in [-0.4, -0.2) is 32.2 Å². The van der Waals surface area contributed by atoms with Gasteiger partial charge in [0.15, 0.2) is 0 Å². The van der Waals surface area contributed by atoms with Gasteiger partial charge >= 0.3 is 0 Å². The lowest BCUT2D eigenvalue weighted by atomic mass is 10.1. The number of fused-ring (bicyclic) bond motifs is 1. The number of amides is 1. The van der Waals surface area contributed by atoms with Crippen LogP contribution in [0.3, 0.4) is 0 Å². The molecule has 4 nitrogen and oxygen atoms in total. The van der Waals surface area contributed by atoms with E-state index in [1.165, 1.54) is 22.4 Å². The topological polar surface area (TPSA) is 42.8 Å². The summed E-state index contributed by atoms with van der Waals surface area (Å²) in [5.74, 6) is -0.00579. The number of morpholine rings is 1. The van der Waals surface area contributed by atoms with Crippen LogP contribution in [0.25, 0.3) is 0 Å². The summed E-state index contributed by atoms with van der Waals surface area (Å²) in [6.07, 6.45) is 3.57. The number of benzene rings is 1. The normalized spacial score (nSPS) is 17.7. The van der Waals surface area contributed by atoms with Crippen LogP contribution in [0.5, 0.6) is 0 Å². The van der Waals surface area contributed by atoms with E-state index in [2.05, 4.69) is 5.32 Å². The largest absolute Gasteiger partial charge is 0.370 e. The molecule has 0 atom stereocenters. The summed E-state index contributed by atoms with van der Waals surface area (Å²) in [7, 11) is 0. The Morgan fingerprint density at radius 1 is 1.17 bits per heavy atom. The lowest BCUT2D eigenvalue weighted by molar-refractivity contribution is -0.921. The first-order valence-corrected chi connectivity index (χ1v) is 9.54. The molecule has 0 spiro atoms. The maximum absolute atomic E-state index is 12.6. The second-order valence-corrected chi connectivity index (χ2v) is 7.63. The van der Waals surface area contributed by atoms with Crippen molar-refractivity contribution in [2.75, 3.05) is 31.6 Å². The van der Waals surface area contributed by atoms with Crippen LogP contribution in [0.1, 0.15) is 32.8 Å². The van der Waals surface area contributed by atoms with Crippen molar-refractivity contribution >= 4 is 22.2 Å². The molecule has 1 aliphatic heterocycles. The fraction of sp³-hybridized carbons (Fsp3) is 0.421. The van der Waals surface area contributed by atoms with Gasteiger partial charge in [-0.05, 0) is 37.0 Å². The number of hydrogen-bond acceptors (Lipinski definition) is 3. The van der Waals surface area contributed by atoms with E-state index in [0.29, 0.717) is 0 Å². The maximum Gasteiger partial charge on any atom is 0.256 e. The van der Waals surface area contributed by atoms with Crippen molar-refractivity contribution in [3.05, 3.63) is 51.9 Å². The maximum atomic E-state index is 12.6. The van der Waals surface area contributed by atoms with Crippen LogP contribution >= 0.6 is 11.3 Å². The number of quaternary nitrogens is 1. The Bertz CT molecular complexity index is 720. The summed E-state index contributed by atoms with van der Waals surface area (Å²) in [5, 5.41) is 4.24. The molecule has 24 heavy (non-hydrogen) atoms. The molecule has 1 saturated heterocycles. The number of hydrogen-bond donors (Lipinski definition) is 2. The van der Waals surface area contributed by atoms with E-state index >= 15 is 0 Å². The molecule has 0 bridgehead atoms. The number of carbonyl (C=O) groups excluding carboxylic acids is 1. The smallest absolute Gasteiger partial charge is 0.256 e. The van der Waals surface area contributed by atoms with Gasteiger partial charge in [0.1, 0.15) is 24.6 Å². The van der Waals surface area contributed by atoms with Gasteiger partial charge in [-0.2, -0.15) is 0 Å². The molecule has 1 aliphatic carbocycles. The number of carbonyl (C=O) groups is 1. The number of nitrogens with one attached hydrogen (secondary N) is 2. The molecule has 2 aromatic rings. The lowest BCUT2D eigenvalue weighted by Crippen LogP contribution is -3.12. The van der Waals surface area contributed by atoms with Gasteiger partial charge in [-0.15, -0.1) is 11.3 Å². The number of thiophene rings is 1. The Hall–Kier alpha value is -1.69. The number of ether oxygens (including phenoxy) is 1. The molecule has 1 amide bonds. The zero-order chi connectivity index (χ0) is 16.4. The van der Waals surface area contributed by atoms with Crippen molar-refractivity contribution in [3.63, 3.8) is 0 Å². The van der Waals surface area contributed by atoms with Crippen molar-refractivity contribution in [2.24, 2.45) is 0 Å². The minimum absolute atomic E-state index is 0.00579. The predicted octanol–water partition coefficient (Wildman–Crippen LogP) is 1.90. The molecule has 0 saturated carbocycles. The Balaban J connectivity index is 1.57. The third-order valence-corrected chi connectivity index (χ3v) is 6.17. The van der Waals surface area contributed by atoms with E-state index in [0.717, 1.165) is 56.3 Å². The first kappa shape index (κ1) is 15.8. The standard InChI is InChI=1S/C19H22N2O2S/c22-18(14-5-2-1-3-6-14)20-19-16(13-21-9-11-23-12-10-21)15-7-4-8-17(15)24-19/h1-3,5-6H,4,7-13H2,(H,20,22)/p+1. The minimum Gasteiger partial charge on any atom is -0.370 e. The highest BCUT2D eigenvalue weighted by atomic mass is 32.1. The fourth-order valence-electron chi connectivity index (χ4n) is 3.61. The van der Waals surface area contributed by atoms with Crippen LogP contribution < -0.4 is 10.2 Å². The quantitative estimate of drug-likeness (QED) is 0.890. The SMILES string of the molecule is O=C(Nc1sc2c(c1C[NH+]1CCOCC1)CCC2)c1ccccc1. The summed E-state index contributed by atoms with van der Waals surface area (Å²) in [5.41, 5.74) is 3.59.